The predicted octanol–water partition coefficient (Wildman–Crippen LogP) is 2.58. The van der Waals surface area contributed by atoms with E-state index in [0.717, 1.165) is 11.0 Å². The summed E-state index contributed by atoms with van der Waals surface area (Å²) in [6, 6.07) is 5.91. The molecule has 1 atom stereocenters. The second-order valence-electron chi connectivity index (χ2n) is 3.35. The molecule has 0 bridgehead atoms. The van der Waals surface area contributed by atoms with E-state index in [4.69, 9.17) is 0 Å². The first kappa shape index (κ1) is 9.03. The van der Waals surface area contributed by atoms with Crippen molar-refractivity contribution >= 4 is 15.9 Å². The molecule has 1 saturated heterocycles. The number of rotatable bonds is 1. The Morgan fingerprint density at radius 2 is 2.31 bits per heavy atom. The van der Waals surface area contributed by atoms with Gasteiger partial charge in [-0.25, -0.2) is 0 Å². The second-order valence-corrected chi connectivity index (χ2v) is 4.21. The van der Waals surface area contributed by atoms with Crippen molar-refractivity contribution in [1.29, 1.82) is 0 Å². The monoisotopic (exact) mass is 241 g/mol. The summed E-state index contributed by atoms with van der Waals surface area (Å²) in [5, 5.41) is 12.7. The van der Waals surface area contributed by atoms with Crippen LogP contribution in [0.15, 0.2) is 22.7 Å². The molecule has 2 N–H and O–H groups in total. The summed E-state index contributed by atoms with van der Waals surface area (Å²) in [6.07, 6.45) is 2.42. The zero-order valence-corrected chi connectivity index (χ0v) is 8.84. The molecular formula is C10H12BrNO. The Bertz CT molecular complexity index is 308. The molecule has 0 unspecified atom stereocenters. The Labute approximate surface area is 86.1 Å². The van der Waals surface area contributed by atoms with Crippen molar-refractivity contribution < 1.29 is 5.11 Å². The fourth-order valence-corrected chi connectivity index (χ4v) is 2.39. The summed E-state index contributed by atoms with van der Waals surface area (Å²) in [4.78, 5) is 0. The van der Waals surface area contributed by atoms with Gasteiger partial charge in [0.15, 0.2) is 0 Å². The molecule has 70 valence electrons. The van der Waals surface area contributed by atoms with Gasteiger partial charge in [0.25, 0.3) is 0 Å². The second kappa shape index (κ2) is 3.68. The van der Waals surface area contributed by atoms with Gasteiger partial charge in [-0.05, 0) is 37.1 Å². The van der Waals surface area contributed by atoms with Crippen LogP contribution in [-0.2, 0) is 0 Å². The molecule has 2 rings (SSSR count). The number of benzene rings is 1. The number of hydrogen-bond donors (Lipinski definition) is 2. The van der Waals surface area contributed by atoms with Gasteiger partial charge < -0.3 is 10.4 Å². The van der Waals surface area contributed by atoms with Gasteiger partial charge in [-0.2, -0.15) is 0 Å². The Morgan fingerprint density at radius 3 is 2.92 bits per heavy atom. The number of phenolic OH excluding ortho intramolecular Hbond substituents is 1. The lowest BCUT2D eigenvalue weighted by atomic mass is 10.1. The third-order valence-corrected chi connectivity index (χ3v) is 3.11. The highest BCUT2D eigenvalue weighted by molar-refractivity contribution is 9.10. The van der Waals surface area contributed by atoms with E-state index in [9.17, 15) is 5.11 Å². The van der Waals surface area contributed by atoms with Crippen LogP contribution in [-0.4, -0.2) is 11.7 Å². The van der Waals surface area contributed by atoms with Gasteiger partial charge in [0.05, 0.1) is 0 Å². The lowest BCUT2D eigenvalue weighted by molar-refractivity contribution is 0.474. The maximum absolute atomic E-state index is 9.23. The molecule has 1 aliphatic rings. The lowest BCUT2D eigenvalue weighted by Gasteiger charge is -2.12. The van der Waals surface area contributed by atoms with Crippen molar-refractivity contribution in [3.05, 3.63) is 28.2 Å². The van der Waals surface area contributed by atoms with Gasteiger partial charge >= 0.3 is 0 Å². The Balaban J connectivity index is 2.29. The van der Waals surface area contributed by atoms with Gasteiger partial charge in [-0.15, -0.1) is 0 Å². The summed E-state index contributed by atoms with van der Waals surface area (Å²) in [5.41, 5.74) is 1.25. The predicted molar refractivity (Wildman–Crippen MR) is 55.8 cm³/mol. The first-order valence-corrected chi connectivity index (χ1v) is 5.28. The molecule has 1 heterocycles. The zero-order chi connectivity index (χ0) is 9.26. The highest BCUT2D eigenvalue weighted by atomic mass is 79.9. The van der Waals surface area contributed by atoms with E-state index < -0.39 is 0 Å². The fraction of sp³-hybridized carbons (Fsp3) is 0.400. The van der Waals surface area contributed by atoms with Crippen LogP contribution in [0, 0.1) is 0 Å². The number of halogens is 1. The number of nitrogens with one attached hydrogen (secondary N) is 1. The van der Waals surface area contributed by atoms with Crippen LogP contribution in [0.1, 0.15) is 24.4 Å². The first-order valence-electron chi connectivity index (χ1n) is 4.49. The van der Waals surface area contributed by atoms with Crippen molar-refractivity contribution in [2.45, 2.75) is 18.9 Å². The van der Waals surface area contributed by atoms with Crippen molar-refractivity contribution in [3.8, 4) is 5.75 Å². The van der Waals surface area contributed by atoms with Crippen LogP contribution >= 0.6 is 15.9 Å². The molecule has 0 aliphatic carbocycles. The average Bonchev–Trinajstić information content (AvgIpc) is 2.56. The van der Waals surface area contributed by atoms with Gasteiger partial charge in [0.2, 0.25) is 0 Å². The highest BCUT2D eigenvalue weighted by Crippen LogP contribution is 2.31. The summed E-state index contributed by atoms with van der Waals surface area (Å²) in [6.45, 7) is 1.10. The van der Waals surface area contributed by atoms with Crippen LogP contribution < -0.4 is 5.32 Å². The molecule has 3 heteroatoms. The zero-order valence-electron chi connectivity index (χ0n) is 7.26. The smallest absolute Gasteiger partial charge is 0.116 e. The average molecular weight is 242 g/mol. The van der Waals surface area contributed by atoms with Gasteiger partial charge in [0.1, 0.15) is 5.75 Å². The van der Waals surface area contributed by atoms with E-state index in [1.807, 2.05) is 6.07 Å². The SMILES string of the molecule is Oc1ccc([C@H]2CCCN2)c(Br)c1. The lowest BCUT2D eigenvalue weighted by Crippen LogP contribution is -2.13. The summed E-state index contributed by atoms with van der Waals surface area (Å²) in [7, 11) is 0. The molecule has 0 saturated carbocycles. The van der Waals surface area contributed by atoms with E-state index in [2.05, 4.69) is 21.2 Å². The van der Waals surface area contributed by atoms with E-state index >= 15 is 0 Å². The standard InChI is InChI=1S/C10H12BrNO/c11-9-6-7(13)3-4-8(9)10-2-1-5-12-10/h3-4,6,10,12-13H,1-2,5H2/t10-/m1/s1. The molecule has 0 radical (unpaired) electrons. The maximum Gasteiger partial charge on any atom is 0.116 e. The first-order chi connectivity index (χ1) is 6.27. The third kappa shape index (κ3) is 1.86. The van der Waals surface area contributed by atoms with E-state index in [-0.39, 0.29) is 0 Å². The topological polar surface area (TPSA) is 32.3 Å². The largest absolute Gasteiger partial charge is 0.508 e. The molecular weight excluding hydrogens is 230 g/mol. The van der Waals surface area contributed by atoms with Gasteiger partial charge in [-0.1, -0.05) is 22.0 Å². The van der Waals surface area contributed by atoms with E-state index in [1.165, 1.54) is 18.4 Å². The van der Waals surface area contributed by atoms with E-state index in [1.54, 1.807) is 12.1 Å². The van der Waals surface area contributed by atoms with Crippen molar-refractivity contribution in [2.75, 3.05) is 6.54 Å². The van der Waals surface area contributed by atoms with Crippen LogP contribution in [0.2, 0.25) is 0 Å². The molecule has 2 nitrogen and oxygen atoms in total. The van der Waals surface area contributed by atoms with Crippen molar-refractivity contribution in [3.63, 3.8) is 0 Å². The van der Waals surface area contributed by atoms with Crippen LogP contribution in [0.5, 0.6) is 5.75 Å². The normalized spacial score (nSPS) is 22.1. The summed E-state index contributed by atoms with van der Waals surface area (Å²) < 4.78 is 0.993. The number of phenols is 1. The quantitative estimate of drug-likeness (QED) is 0.793. The minimum atomic E-state index is 0.314. The molecule has 1 fully saturated rings. The minimum absolute atomic E-state index is 0.314. The molecule has 0 spiro atoms. The minimum Gasteiger partial charge on any atom is -0.508 e. The number of hydrogen-bond acceptors (Lipinski definition) is 2. The van der Waals surface area contributed by atoms with Crippen molar-refractivity contribution in [2.24, 2.45) is 0 Å². The molecule has 13 heavy (non-hydrogen) atoms. The Morgan fingerprint density at radius 1 is 1.46 bits per heavy atom. The third-order valence-electron chi connectivity index (χ3n) is 2.42. The van der Waals surface area contributed by atoms with Crippen molar-refractivity contribution in [1.82, 2.24) is 5.32 Å². The maximum atomic E-state index is 9.23. The van der Waals surface area contributed by atoms with Gasteiger partial charge in [0, 0.05) is 10.5 Å². The van der Waals surface area contributed by atoms with Crippen LogP contribution in [0.4, 0.5) is 0 Å². The molecule has 1 aromatic carbocycles. The summed E-state index contributed by atoms with van der Waals surface area (Å²) >= 11 is 3.46. The fourth-order valence-electron chi connectivity index (χ4n) is 1.75. The van der Waals surface area contributed by atoms with Crippen LogP contribution in [0.25, 0.3) is 0 Å². The molecule has 0 amide bonds. The molecule has 0 aromatic heterocycles. The Hall–Kier alpha value is -0.540. The number of aromatic hydroxyl groups is 1. The summed E-state index contributed by atoms with van der Waals surface area (Å²) in [5.74, 6) is 0.314. The highest BCUT2D eigenvalue weighted by Gasteiger charge is 2.18. The van der Waals surface area contributed by atoms with Crippen LogP contribution in [0.3, 0.4) is 0 Å². The molecule has 1 aliphatic heterocycles. The van der Waals surface area contributed by atoms with E-state index in [0.29, 0.717) is 11.8 Å². The molecule has 1 aromatic rings. The van der Waals surface area contributed by atoms with Gasteiger partial charge in [-0.3, -0.25) is 0 Å². The Kier molecular flexibility index (Phi) is 2.56.